The second-order valence-corrected chi connectivity index (χ2v) is 6.98. The number of hydrogen-bond acceptors (Lipinski definition) is 1. The molecule has 0 aliphatic rings. The normalized spacial score (nSPS) is 11.3. The predicted octanol–water partition coefficient (Wildman–Crippen LogP) is 6.69. The van der Waals surface area contributed by atoms with Gasteiger partial charge in [-0.15, -0.1) is 0 Å². The van der Waals surface area contributed by atoms with E-state index in [0.29, 0.717) is 10.7 Å². The molecule has 0 spiro atoms. The van der Waals surface area contributed by atoms with Crippen molar-refractivity contribution in [2.75, 3.05) is 5.73 Å². The lowest BCUT2D eigenvalue weighted by molar-refractivity contribution is 1.18. The number of hydrogen-bond donors (Lipinski definition) is 1. The number of nitrogens with two attached hydrogens (primary N) is 1. The lowest BCUT2D eigenvalue weighted by Crippen LogP contribution is -1.96. The van der Waals surface area contributed by atoms with Gasteiger partial charge in [-0.2, -0.15) is 0 Å². The zero-order chi connectivity index (χ0) is 18.4. The molecule has 1 aromatic heterocycles. The van der Waals surface area contributed by atoms with Crippen LogP contribution in [0.1, 0.15) is 0 Å². The molecule has 0 atom stereocenters. The molecule has 0 saturated carbocycles. The molecule has 27 heavy (non-hydrogen) atoms. The Labute approximate surface area is 162 Å². The SMILES string of the molecule is Nc1c(-c2ccccc2)cc2c(c1Cl)c1ccccc1n2-c1ccccc1. The first-order chi connectivity index (χ1) is 13.3. The lowest BCUT2D eigenvalue weighted by Gasteiger charge is -2.12. The fraction of sp³-hybridized carbons (Fsp3) is 0. The van der Waals surface area contributed by atoms with Gasteiger partial charge in [0, 0.05) is 22.0 Å². The Bertz CT molecular complexity index is 1270. The average Bonchev–Trinajstić information content (AvgIpc) is 3.06. The minimum atomic E-state index is 0.609. The van der Waals surface area contributed by atoms with Gasteiger partial charge in [0.2, 0.25) is 0 Å². The van der Waals surface area contributed by atoms with Gasteiger partial charge in [-0.25, -0.2) is 0 Å². The number of rotatable bonds is 2. The second kappa shape index (κ2) is 6.19. The van der Waals surface area contributed by atoms with Crippen LogP contribution < -0.4 is 5.73 Å². The van der Waals surface area contributed by atoms with Crippen LogP contribution in [0.25, 0.3) is 38.6 Å². The van der Waals surface area contributed by atoms with Crippen LogP contribution in [0.3, 0.4) is 0 Å². The van der Waals surface area contributed by atoms with E-state index in [1.807, 2.05) is 42.5 Å². The number of nitrogens with zero attached hydrogens (tertiary/aromatic N) is 1. The van der Waals surface area contributed by atoms with Crippen LogP contribution in [0.4, 0.5) is 5.69 Å². The average molecular weight is 369 g/mol. The van der Waals surface area contributed by atoms with Gasteiger partial charge in [0.05, 0.1) is 21.7 Å². The molecule has 0 bridgehead atoms. The van der Waals surface area contributed by atoms with Gasteiger partial charge >= 0.3 is 0 Å². The molecule has 0 unspecified atom stereocenters. The van der Waals surface area contributed by atoms with Crippen molar-refractivity contribution in [1.82, 2.24) is 4.57 Å². The molecule has 0 aliphatic carbocycles. The summed E-state index contributed by atoms with van der Waals surface area (Å²) in [6.07, 6.45) is 0. The molecule has 0 aliphatic heterocycles. The lowest BCUT2D eigenvalue weighted by atomic mass is 10.0. The standard InChI is InChI=1S/C24H17ClN2/c25-23-22-18-13-7-8-14-20(18)27(17-11-5-2-6-12-17)21(22)15-19(24(23)26)16-9-3-1-4-10-16/h1-15H,26H2. The topological polar surface area (TPSA) is 30.9 Å². The molecule has 5 rings (SSSR count). The minimum Gasteiger partial charge on any atom is -0.397 e. The van der Waals surface area contributed by atoms with Crippen LogP contribution in [0, 0.1) is 0 Å². The van der Waals surface area contributed by atoms with Gasteiger partial charge in [-0.1, -0.05) is 78.3 Å². The van der Waals surface area contributed by atoms with Crippen molar-refractivity contribution in [1.29, 1.82) is 0 Å². The highest BCUT2D eigenvalue weighted by Gasteiger charge is 2.19. The summed E-state index contributed by atoms with van der Waals surface area (Å²) < 4.78 is 2.25. The summed E-state index contributed by atoms with van der Waals surface area (Å²) in [6, 6.07) is 31.0. The van der Waals surface area contributed by atoms with Crippen molar-refractivity contribution >= 4 is 39.1 Å². The first-order valence-corrected chi connectivity index (χ1v) is 9.25. The highest BCUT2D eigenvalue weighted by atomic mass is 35.5. The fourth-order valence-corrected chi connectivity index (χ4v) is 4.11. The van der Waals surface area contributed by atoms with Crippen molar-refractivity contribution in [3.63, 3.8) is 0 Å². The Balaban J connectivity index is 1.97. The van der Waals surface area contributed by atoms with Crippen molar-refractivity contribution in [2.45, 2.75) is 0 Å². The van der Waals surface area contributed by atoms with Gasteiger partial charge < -0.3 is 10.3 Å². The van der Waals surface area contributed by atoms with Crippen molar-refractivity contribution in [3.8, 4) is 16.8 Å². The number of aromatic nitrogens is 1. The summed E-state index contributed by atoms with van der Waals surface area (Å²) in [6.45, 7) is 0. The highest BCUT2D eigenvalue weighted by Crippen LogP contribution is 2.43. The van der Waals surface area contributed by atoms with E-state index < -0.39 is 0 Å². The van der Waals surface area contributed by atoms with Gasteiger partial charge in [-0.05, 0) is 29.8 Å². The molecule has 0 amide bonds. The first-order valence-electron chi connectivity index (χ1n) is 8.87. The van der Waals surface area contributed by atoms with E-state index in [4.69, 9.17) is 17.3 Å². The maximum Gasteiger partial charge on any atom is 0.0742 e. The molecule has 5 aromatic rings. The Morgan fingerprint density at radius 2 is 1.33 bits per heavy atom. The third kappa shape index (κ3) is 2.42. The number of benzene rings is 4. The van der Waals surface area contributed by atoms with Crippen LogP contribution in [0.15, 0.2) is 91.0 Å². The number of nitrogen functional groups attached to an aromatic ring is 1. The maximum atomic E-state index is 6.82. The summed E-state index contributed by atoms with van der Waals surface area (Å²) in [5.41, 5.74) is 12.4. The monoisotopic (exact) mass is 368 g/mol. The molecular weight excluding hydrogens is 352 g/mol. The highest BCUT2D eigenvalue weighted by molar-refractivity contribution is 6.41. The van der Waals surface area contributed by atoms with Crippen molar-refractivity contribution < 1.29 is 0 Å². The van der Waals surface area contributed by atoms with Gasteiger partial charge in [-0.3, -0.25) is 0 Å². The molecular formula is C24H17ClN2. The van der Waals surface area contributed by atoms with Crippen LogP contribution >= 0.6 is 11.6 Å². The van der Waals surface area contributed by atoms with E-state index in [-0.39, 0.29) is 0 Å². The van der Waals surface area contributed by atoms with E-state index in [2.05, 4.69) is 53.1 Å². The molecule has 0 saturated heterocycles. The Hall–Kier alpha value is -3.23. The minimum absolute atomic E-state index is 0.609. The summed E-state index contributed by atoms with van der Waals surface area (Å²) in [7, 11) is 0. The zero-order valence-electron chi connectivity index (χ0n) is 14.6. The van der Waals surface area contributed by atoms with E-state index in [1.165, 1.54) is 0 Å². The number of fused-ring (bicyclic) bond motifs is 3. The number of para-hydroxylation sites is 2. The third-order valence-electron chi connectivity index (χ3n) is 5.04. The van der Waals surface area contributed by atoms with Crippen molar-refractivity contribution in [3.05, 3.63) is 96.0 Å². The number of anilines is 1. The maximum absolute atomic E-state index is 6.82. The molecule has 1 heterocycles. The summed E-state index contributed by atoms with van der Waals surface area (Å²) in [5, 5.41) is 2.71. The zero-order valence-corrected chi connectivity index (χ0v) is 15.3. The van der Waals surface area contributed by atoms with Gasteiger partial charge in [0.1, 0.15) is 0 Å². The van der Waals surface area contributed by atoms with E-state index in [9.17, 15) is 0 Å². The summed E-state index contributed by atoms with van der Waals surface area (Å²) in [5.74, 6) is 0. The summed E-state index contributed by atoms with van der Waals surface area (Å²) >= 11 is 6.82. The largest absolute Gasteiger partial charge is 0.397 e. The third-order valence-corrected chi connectivity index (χ3v) is 5.43. The molecule has 4 aromatic carbocycles. The molecule has 2 N–H and O–H groups in total. The van der Waals surface area contributed by atoms with E-state index >= 15 is 0 Å². The fourth-order valence-electron chi connectivity index (χ4n) is 3.81. The van der Waals surface area contributed by atoms with Gasteiger partial charge in [0.15, 0.2) is 0 Å². The quantitative estimate of drug-likeness (QED) is 0.346. The second-order valence-electron chi connectivity index (χ2n) is 6.60. The Morgan fingerprint density at radius 1 is 0.704 bits per heavy atom. The Kier molecular flexibility index (Phi) is 3.66. The molecule has 2 nitrogen and oxygen atoms in total. The van der Waals surface area contributed by atoms with E-state index in [0.717, 1.165) is 38.6 Å². The van der Waals surface area contributed by atoms with Crippen LogP contribution in [-0.4, -0.2) is 4.57 Å². The smallest absolute Gasteiger partial charge is 0.0742 e. The molecule has 0 radical (unpaired) electrons. The predicted molar refractivity (Wildman–Crippen MR) is 116 cm³/mol. The van der Waals surface area contributed by atoms with Gasteiger partial charge in [0.25, 0.3) is 0 Å². The van der Waals surface area contributed by atoms with E-state index in [1.54, 1.807) is 0 Å². The molecule has 3 heteroatoms. The summed E-state index contributed by atoms with van der Waals surface area (Å²) in [4.78, 5) is 0. The van der Waals surface area contributed by atoms with Crippen LogP contribution in [0.5, 0.6) is 0 Å². The first kappa shape index (κ1) is 16.0. The Morgan fingerprint density at radius 3 is 2.07 bits per heavy atom. The van der Waals surface area contributed by atoms with Crippen LogP contribution in [0.2, 0.25) is 5.02 Å². The van der Waals surface area contributed by atoms with Crippen LogP contribution in [-0.2, 0) is 0 Å². The molecule has 0 fully saturated rings. The molecule has 130 valence electrons. The van der Waals surface area contributed by atoms with Crippen molar-refractivity contribution in [2.24, 2.45) is 0 Å². The number of halogens is 1.